The van der Waals surface area contributed by atoms with Gasteiger partial charge < -0.3 is 9.88 Å². The van der Waals surface area contributed by atoms with E-state index in [-0.39, 0.29) is 5.82 Å². The van der Waals surface area contributed by atoms with Crippen molar-refractivity contribution in [3.63, 3.8) is 0 Å². The fourth-order valence-electron chi connectivity index (χ4n) is 1.49. The van der Waals surface area contributed by atoms with E-state index in [0.29, 0.717) is 6.04 Å². The molecule has 0 aliphatic heterocycles. The molecule has 1 aromatic carbocycles. The molecule has 0 unspecified atom stereocenters. The van der Waals surface area contributed by atoms with Crippen molar-refractivity contribution in [3.05, 3.63) is 42.5 Å². The predicted molar refractivity (Wildman–Crippen MR) is 62.3 cm³/mol. The van der Waals surface area contributed by atoms with Gasteiger partial charge in [-0.15, -0.1) is 0 Å². The Bertz CT molecular complexity index is 459. The average molecular weight is 219 g/mol. The van der Waals surface area contributed by atoms with Crippen LogP contribution in [-0.2, 0) is 0 Å². The van der Waals surface area contributed by atoms with Crippen LogP contribution in [0.4, 0.5) is 16.0 Å². The number of anilines is 2. The highest BCUT2D eigenvalue weighted by Gasteiger charge is 2.05. The molecule has 84 valence electrons. The van der Waals surface area contributed by atoms with Gasteiger partial charge in [0.2, 0.25) is 5.95 Å². The van der Waals surface area contributed by atoms with Gasteiger partial charge in [0.1, 0.15) is 5.82 Å². The second-order valence-corrected chi connectivity index (χ2v) is 3.88. The van der Waals surface area contributed by atoms with Gasteiger partial charge in [0.05, 0.1) is 0 Å². The minimum absolute atomic E-state index is 0.238. The van der Waals surface area contributed by atoms with Crippen molar-refractivity contribution in [1.29, 1.82) is 0 Å². The first kappa shape index (κ1) is 10.7. The molecule has 0 saturated carbocycles. The molecule has 1 aromatic heterocycles. The van der Waals surface area contributed by atoms with Gasteiger partial charge in [-0.05, 0) is 38.1 Å². The zero-order valence-electron chi connectivity index (χ0n) is 9.31. The van der Waals surface area contributed by atoms with Crippen molar-refractivity contribution < 1.29 is 4.39 Å². The summed E-state index contributed by atoms with van der Waals surface area (Å²) in [5.41, 5.74) is 0.828. The Kier molecular flexibility index (Phi) is 2.90. The lowest BCUT2D eigenvalue weighted by atomic mass is 10.3. The Morgan fingerprint density at radius 1 is 1.25 bits per heavy atom. The van der Waals surface area contributed by atoms with Crippen LogP contribution < -0.4 is 5.32 Å². The van der Waals surface area contributed by atoms with Crippen LogP contribution in [0, 0.1) is 5.82 Å². The van der Waals surface area contributed by atoms with Crippen LogP contribution in [-0.4, -0.2) is 9.55 Å². The molecule has 0 aliphatic rings. The van der Waals surface area contributed by atoms with Crippen LogP contribution in [0.1, 0.15) is 19.9 Å². The molecule has 16 heavy (non-hydrogen) atoms. The summed E-state index contributed by atoms with van der Waals surface area (Å²) in [6.45, 7) is 4.16. The number of hydrogen-bond donors (Lipinski definition) is 1. The van der Waals surface area contributed by atoms with Gasteiger partial charge in [0.15, 0.2) is 0 Å². The molecule has 0 amide bonds. The quantitative estimate of drug-likeness (QED) is 0.857. The van der Waals surface area contributed by atoms with Gasteiger partial charge in [-0.2, -0.15) is 0 Å². The molecule has 1 N–H and O–H groups in total. The molecule has 0 radical (unpaired) electrons. The van der Waals surface area contributed by atoms with E-state index in [0.717, 1.165) is 11.6 Å². The third kappa shape index (κ3) is 2.21. The van der Waals surface area contributed by atoms with E-state index in [2.05, 4.69) is 24.1 Å². The number of halogens is 1. The Balaban J connectivity index is 2.20. The summed E-state index contributed by atoms with van der Waals surface area (Å²) < 4.78 is 14.7. The standard InChI is InChI=1S/C12H14FN3/c1-9(2)16-8-7-14-12(16)15-11-5-3-10(13)4-6-11/h3-9H,1-2H3,(H,14,15). The zero-order valence-corrected chi connectivity index (χ0v) is 9.31. The number of imidazole rings is 1. The molecular formula is C12H14FN3. The smallest absolute Gasteiger partial charge is 0.207 e. The Hall–Kier alpha value is -1.84. The third-order valence-electron chi connectivity index (χ3n) is 2.33. The minimum Gasteiger partial charge on any atom is -0.326 e. The van der Waals surface area contributed by atoms with Crippen molar-refractivity contribution in [2.24, 2.45) is 0 Å². The molecule has 0 bridgehead atoms. The van der Waals surface area contributed by atoms with Crippen molar-refractivity contribution in [1.82, 2.24) is 9.55 Å². The van der Waals surface area contributed by atoms with Crippen LogP contribution >= 0.6 is 0 Å². The third-order valence-corrected chi connectivity index (χ3v) is 2.33. The summed E-state index contributed by atoms with van der Waals surface area (Å²) in [5, 5.41) is 3.15. The summed E-state index contributed by atoms with van der Waals surface area (Å²) in [7, 11) is 0. The molecule has 2 aromatic rings. The van der Waals surface area contributed by atoms with Crippen LogP contribution in [0.15, 0.2) is 36.7 Å². The van der Waals surface area contributed by atoms with E-state index < -0.39 is 0 Å². The molecule has 0 atom stereocenters. The molecule has 1 heterocycles. The predicted octanol–water partition coefficient (Wildman–Crippen LogP) is 3.35. The first-order valence-electron chi connectivity index (χ1n) is 5.22. The van der Waals surface area contributed by atoms with Crippen LogP contribution in [0.25, 0.3) is 0 Å². The van der Waals surface area contributed by atoms with E-state index in [4.69, 9.17) is 0 Å². The number of nitrogens with zero attached hydrogens (tertiary/aromatic N) is 2. The van der Waals surface area contributed by atoms with Crippen LogP contribution in [0.3, 0.4) is 0 Å². The van der Waals surface area contributed by atoms with Gasteiger partial charge in [-0.3, -0.25) is 0 Å². The van der Waals surface area contributed by atoms with E-state index in [9.17, 15) is 4.39 Å². The molecule has 3 nitrogen and oxygen atoms in total. The Labute approximate surface area is 93.9 Å². The summed E-state index contributed by atoms with van der Waals surface area (Å²) in [6.07, 6.45) is 3.66. The SMILES string of the molecule is CC(C)n1ccnc1Nc1ccc(F)cc1. The number of hydrogen-bond acceptors (Lipinski definition) is 2. The number of nitrogens with one attached hydrogen (secondary N) is 1. The molecular weight excluding hydrogens is 205 g/mol. The van der Waals surface area contributed by atoms with E-state index >= 15 is 0 Å². The normalized spacial score (nSPS) is 10.8. The minimum atomic E-state index is -0.238. The van der Waals surface area contributed by atoms with E-state index in [1.807, 2.05) is 10.8 Å². The maximum atomic E-state index is 12.7. The Morgan fingerprint density at radius 3 is 2.56 bits per heavy atom. The van der Waals surface area contributed by atoms with Crippen molar-refractivity contribution >= 4 is 11.6 Å². The van der Waals surface area contributed by atoms with Crippen LogP contribution in [0.2, 0.25) is 0 Å². The topological polar surface area (TPSA) is 29.9 Å². The summed E-state index contributed by atoms with van der Waals surface area (Å²) in [6, 6.07) is 6.56. The molecule has 0 fully saturated rings. The van der Waals surface area contributed by atoms with E-state index in [1.165, 1.54) is 12.1 Å². The first-order chi connectivity index (χ1) is 7.66. The lowest BCUT2D eigenvalue weighted by Gasteiger charge is -2.12. The summed E-state index contributed by atoms with van der Waals surface area (Å²) >= 11 is 0. The summed E-state index contributed by atoms with van der Waals surface area (Å²) in [4.78, 5) is 4.21. The Morgan fingerprint density at radius 2 is 1.94 bits per heavy atom. The maximum absolute atomic E-state index is 12.7. The largest absolute Gasteiger partial charge is 0.326 e. The fraction of sp³-hybridized carbons (Fsp3) is 0.250. The number of benzene rings is 1. The monoisotopic (exact) mass is 219 g/mol. The van der Waals surface area contributed by atoms with Crippen molar-refractivity contribution in [2.75, 3.05) is 5.32 Å². The van der Waals surface area contributed by atoms with Gasteiger partial charge in [0.25, 0.3) is 0 Å². The second-order valence-electron chi connectivity index (χ2n) is 3.88. The van der Waals surface area contributed by atoms with Gasteiger partial charge in [-0.25, -0.2) is 9.37 Å². The summed E-state index contributed by atoms with van der Waals surface area (Å²) in [5.74, 6) is 0.527. The van der Waals surface area contributed by atoms with Gasteiger partial charge >= 0.3 is 0 Å². The lowest BCUT2D eigenvalue weighted by molar-refractivity contribution is 0.607. The molecule has 0 saturated heterocycles. The maximum Gasteiger partial charge on any atom is 0.207 e. The van der Waals surface area contributed by atoms with Gasteiger partial charge in [0, 0.05) is 24.1 Å². The lowest BCUT2D eigenvalue weighted by Crippen LogP contribution is -2.05. The highest BCUT2D eigenvalue weighted by molar-refractivity contribution is 5.53. The molecule has 0 spiro atoms. The molecule has 2 rings (SSSR count). The van der Waals surface area contributed by atoms with Crippen LogP contribution in [0.5, 0.6) is 0 Å². The molecule has 4 heteroatoms. The number of rotatable bonds is 3. The average Bonchev–Trinajstić information content (AvgIpc) is 2.69. The highest BCUT2D eigenvalue weighted by Crippen LogP contribution is 2.18. The zero-order chi connectivity index (χ0) is 11.5. The van der Waals surface area contributed by atoms with Crippen molar-refractivity contribution in [2.45, 2.75) is 19.9 Å². The van der Waals surface area contributed by atoms with Gasteiger partial charge in [-0.1, -0.05) is 0 Å². The van der Waals surface area contributed by atoms with E-state index in [1.54, 1.807) is 18.3 Å². The van der Waals surface area contributed by atoms with Crippen molar-refractivity contribution in [3.8, 4) is 0 Å². The second kappa shape index (κ2) is 4.35. The first-order valence-corrected chi connectivity index (χ1v) is 5.22. The highest BCUT2D eigenvalue weighted by atomic mass is 19.1. The molecule has 0 aliphatic carbocycles. The number of aromatic nitrogens is 2. The fourth-order valence-corrected chi connectivity index (χ4v) is 1.49.